The van der Waals surface area contributed by atoms with Gasteiger partial charge in [0.05, 0.1) is 0 Å². The maximum absolute atomic E-state index is 12.0. The first-order valence-corrected chi connectivity index (χ1v) is 6.07. The molecule has 4 N–H and O–H groups in total. The molecule has 1 aliphatic rings. The lowest BCUT2D eigenvalue weighted by atomic mass is 10.1. The smallest absolute Gasteiger partial charge is 0.223 e. The van der Waals surface area contributed by atoms with Crippen LogP contribution in [0.25, 0.3) is 0 Å². The molecule has 0 aliphatic carbocycles. The quantitative estimate of drug-likeness (QED) is 0.463. The standard InChI is InChI=1S/C13H18N4O/c14-13(15)16-7-3-6-12(18)17-8-10-4-1-2-5-11(10)9-17/h1-2,4-5H,3,6-9H2,(H4,14,15,16). The topological polar surface area (TPSA) is 84.7 Å². The number of nitrogens with two attached hydrogens (primary N) is 2. The van der Waals surface area contributed by atoms with Crippen LogP contribution in [0.15, 0.2) is 29.3 Å². The van der Waals surface area contributed by atoms with Crippen LogP contribution in [0.4, 0.5) is 0 Å². The van der Waals surface area contributed by atoms with Crippen LogP contribution >= 0.6 is 0 Å². The molecule has 0 aromatic heterocycles. The van der Waals surface area contributed by atoms with Gasteiger partial charge in [-0.2, -0.15) is 0 Å². The summed E-state index contributed by atoms with van der Waals surface area (Å²) in [6, 6.07) is 8.15. The second-order valence-electron chi connectivity index (χ2n) is 4.43. The molecule has 96 valence electrons. The fourth-order valence-corrected chi connectivity index (χ4v) is 2.11. The van der Waals surface area contributed by atoms with Crippen LogP contribution in [-0.4, -0.2) is 23.3 Å². The van der Waals surface area contributed by atoms with E-state index in [-0.39, 0.29) is 11.9 Å². The lowest BCUT2D eigenvalue weighted by molar-refractivity contribution is -0.131. The molecule has 2 rings (SSSR count). The highest BCUT2D eigenvalue weighted by molar-refractivity contribution is 5.77. The Bertz CT molecular complexity index is 441. The van der Waals surface area contributed by atoms with Gasteiger partial charge in [-0.3, -0.25) is 9.79 Å². The van der Waals surface area contributed by atoms with Crippen LogP contribution in [0, 0.1) is 0 Å². The lowest BCUT2D eigenvalue weighted by Crippen LogP contribution is -2.25. The third-order valence-electron chi connectivity index (χ3n) is 3.04. The molecule has 0 bridgehead atoms. The van der Waals surface area contributed by atoms with Crippen LogP contribution in [-0.2, 0) is 17.9 Å². The fraction of sp³-hybridized carbons (Fsp3) is 0.385. The third-order valence-corrected chi connectivity index (χ3v) is 3.04. The Kier molecular flexibility index (Phi) is 3.82. The Morgan fingerprint density at radius 1 is 1.22 bits per heavy atom. The van der Waals surface area contributed by atoms with Crippen molar-refractivity contribution < 1.29 is 4.79 Å². The number of fused-ring (bicyclic) bond motifs is 1. The molecule has 1 aliphatic heterocycles. The Labute approximate surface area is 106 Å². The van der Waals surface area contributed by atoms with E-state index < -0.39 is 0 Å². The Morgan fingerprint density at radius 2 is 1.83 bits per heavy atom. The van der Waals surface area contributed by atoms with Gasteiger partial charge in [-0.1, -0.05) is 24.3 Å². The van der Waals surface area contributed by atoms with E-state index in [1.54, 1.807) is 0 Å². The molecule has 0 atom stereocenters. The van der Waals surface area contributed by atoms with Crippen LogP contribution in [0.2, 0.25) is 0 Å². The van der Waals surface area contributed by atoms with Crippen molar-refractivity contribution in [2.24, 2.45) is 16.5 Å². The first-order valence-electron chi connectivity index (χ1n) is 6.07. The minimum absolute atomic E-state index is 0.0797. The molecule has 0 spiro atoms. The predicted octanol–water partition coefficient (Wildman–Crippen LogP) is 0.582. The average molecular weight is 246 g/mol. The zero-order chi connectivity index (χ0) is 13.0. The van der Waals surface area contributed by atoms with E-state index in [0.717, 1.165) is 13.1 Å². The summed E-state index contributed by atoms with van der Waals surface area (Å²) in [7, 11) is 0. The summed E-state index contributed by atoms with van der Waals surface area (Å²) < 4.78 is 0. The highest BCUT2D eigenvalue weighted by Gasteiger charge is 2.21. The van der Waals surface area contributed by atoms with Crippen LogP contribution in [0.1, 0.15) is 24.0 Å². The monoisotopic (exact) mass is 246 g/mol. The first-order chi connectivity index (χ1) is 8.66. The zero-order valence-corrected chi connectivity index (χ0v) is 10.3. The molecular formula is C13H18N4O. The number of carbonyl (C=O) groups excluding carboxylic acids is 1. The molecule has 5 nitrogen and oxygen atoms in total. The van der Waals surface area contributed by atoms with Crippen molar-refractivity contribution in [3.8, 4) is 0 Å². The van der Waals surface area contributed by atoms with E-state index in [0.29, 0.717) is 19.4 Å². The summed E-state index contributed by atoms with van der Waals surface area (Å²) in [5, 5.41) is 0. The minimum atomic E-state index is 0.0797. The van der Waals surface area contributed by atoms with Gasteiger partial charge in [0.1, 0.15) is 0 Å². The second kappa shape index (κ2) is 5.53. The molecule has 1 heterocycles. The van der Waals surface area contributed by atoms with Gasteiger partial charge in [0.15, 0.2) is 5.96 Å². The van der Waals surface area contributed by atoms with E-state index >= 15 is 0 Å². The predicted molar refractivity (Wildman–Crippen MR) is 70.6 cm³/mol. The van der Waals surface area contributed by atoms with Gasteiger partial charge in [0.25, 0.3) is 0 Å². The molecule has 0 saturated heterocycles. The van der Waals surface area contributed by atoms with Crippen molar-refractivity contribution in [1.82, 2.24) is 4.90 Å². The number of hydrogen-bond acceptors (Lipinski definition) is 2. The van der Waals surface area contributed by atoms with Gasteiger partial charge in [0.2, 0.25) is 5.91 Å². The molecular weight excluding hydrogens is 228 g/mol. The van der Waals surface area contributed by atoms with Gasteiger partial charge < -0.3 is 16.4 Å². The number of rotatable bonds is 4. The van der Waals surface area contributed by atoms with E-state index in [9.17, 15) is 4.79 Å². The minimum Gasteiger partial charge on any atom is -0.370 e. The van der Waals surface area contributed by atoms with Gasteiger partial charge >= 0.3 is 0 Å². The number of carbonyl (C=O) groups is 1. The maximum Gasteiger partial charge on any atom is 0.223 e. The summed E-state index contributed by atoms with van der Waals surface area (Å²) in [5.41, 5.74) is 12.9. The summed E-state index contributed by atoms with van der Waals surface area (Å²) in [5.74, 6) is 0.244. The van der Waals surface area contributed by atoms with Crippen LogP contribution < -0.4 is 11.5 Å². The summed E-state index contributed by atoms with van der Waals surface area (Å²) >= 11 is 0. The molecule has 0 unspecified atom stereocenters. The van der Waals surface area contributed by atoms with Gasteiger partial charge in [-0.25, -0.2) is 0 Å². The first kappa shape index (κ1) is 12.4. The Hall–Kier alpha value is -2.04. The molecule has 1 aromatic rings. The van der Waals surface area contributed by atoms with E-state index in [1.165, 1.54) is 11.1 Å². The van der Waals surface area contributed by atoms with Crippen molar-refractivity contribution in [2.45, 2.75) is 25.9 Å². The number of nitrogens with zero attached hydrogens (tertiary/aromatic N) is 2. The number of hydrogen-bond donors (Lipinski definition) is 2. The lowest BCUT2D eigenvalue weighted by Gasteiger charge is -2.14. The maximum atomic E-state index is 12.0. The molecule has 1 aromatic carbocycles. The Balaban J connectivity index is 1.81. The number of benzene rings is 1. The molecule has 5 heteroatoms. The summed E-state index contributed by atoms with van der Waals surface area (Å²) in [4.78, 5) is 17.7. The summed E-state index contributed by atoms with van der Waals surface area (Å²) in [6.07, 6.45) is 1.17. The summed E-state index contributed by atoms with van der Waals surface area (Å²) in [6.45, 7) is 1.95. The van der Waals surface area contributed by atoms with Crippen molar-refractivity contribution in [2.75, 3.05) is 6.54 Å². The zero-order valence-electron chi connectivity index (χ0n) is 10.3. The fourth-order valence-electron chi connectivity index (χ4n) is 2.11. The number of guanidine groups is 1. The molecule has 1 amide bonds. The van der Waals surface area contributed by atoms with Crippen molar-refractivity contribution in [1.29, 1.82) is 0 Å². The highest BCUT2D eigenvalue weighted by Crippen LogP contribution is 2.22. The van der Waals surface area contributed by atoms with Gasteiger partial charge in [0, 0.05) is 26.1 Å². The highest BCUT2D eigenvalue weighted by atomic mass is 16.2. The van der Waals surface area contributed by atoms with Crippen molar-refractivity contribution >= 4 is 11.9 Å². The van der Waals surface area contributed by atoms with Crippen molar-refractivity contribution in [3.63, 3.8) is 0 Å². The average Bonchev–Trinajstić information content (AvgIpc) is 2.78. The third kappa shape index (κ3) is 3.00. The molecule has 0 saturated carbocycles. The Morgan fingerprint density at radius 3 is 2.39 bits per heavy atom. The molecule has 0 fully saturated rings. The van der Waals surface area contributed by atoms with Crippen LogP contribution in [0.5, 0.6) is 0 Å². The normalized spacial score (nSPS) is 13.2. The van der Waals surface area contributed by atoms with E-state index in [4.69, 9.17) is 11.5 Å². The van der Waals surface area contributed by atoms with E-state index in [1.807, 2.05) is 17.0 Å². The molecule has 0 radical (unpaired) electrons. The molecule has 18 heavy (non-hydrogen) atoms. The van der Waals surface area contributed by atoms with Gasteiger partial charge in [-0.15, -0.1) is 0 Å². The SMILES string of the molecule is NC(N)=NCCCC(=O)N1Cc2ccccc2C1. The van der Waals surface area contributed by atoms with Crippen LogP contribution in [0.3, 0.4) is 0 Å². The largest absolute Gasteiger partial charge is 0.370 e. The van der Waals surface area contributed by atoms with Crippen molar-refractivity contribution in [3.05, 3.63) is 35.4 Å². The van der Waals surface area contributed by atoms with Gasteiger partial charge in [-0.05, 0) is 17.5 Å². The van der Waals surface area contributed by atoms with E-state index in [2.05, 4.69) is 17.1 Å². The second-order valence-corrected chi connectivity index (χ2v) is 4.43. The number of amides is 1. The number of aliphatic imine (C=N–C) groups is 1.